The van der Waals surface area contributed by atoms with Crippen molar-refractivity contribution in [2.45, 2.75) is 366 Å². The fourth-order valence-electron chi connectivity index (χ4n) is 11.3. The second kappa shape index (κ2) is 75.6. The number of amides is 4. The molecule has 4 unspecified atom stereocenters. The van der Waals surface area contributed by atoms with E-state index < -0.39 is 139 Å². The normalized spacial score (nSPS) is 15.0. The number of hydrogen-bond donors (Lipinski definition) is 10. The van der Waals surface area contributed by atoms with Crippen molar-refractivity contribution in [2.75, 3.05) is 65.9 Å². The molecule has 30 heteroatoms. The number of unbranched alkanes of at least 4 members (excludes halogenated alkanes) is 25. The molecule has 0 aliphatic carbocycles. The second-order valence-electron chi connectivity index (χ2n) is 27.7. The van der Waals surface area contributed by atoms with Crippen LogP contribution in [-0.4, -0.2) is 180 Å². The quantitative estimate of drug-likeness (QED) is 0.00906. The van der Waals surface area contributed by atoms with Gasteiger partial charge in [0.15, 0.2) is 12.2 Å². The minimum atomic E-state index is -4.91. The van der Waals surface area contributed by atoms with Crippen molar-refractivity contribution in [2.24, 2.45) is 0 Å². The number of hydrogen-bond acceptors (Lipinski definition) is 20. The van der Waals surface area contributed by atoms with Crippen LogP contribution < -0.4 is 80.4 Å². The van der Waals surface area contributed by atoms with Gasteiger partial charge in [-0.1, -0.05) is 214 Å². The predicted octanol–water partition coefficient (Wildman–Crippen LogP) is 8.00. The van der Waals surface area contributed by atoms with Crippen LogP contribution in [0, 0.1) is 0 Å². The Morgan fingerprint density at radius 1 is 0.374 bits per heavy atom. The molecule has 0 fully saturated rings. The molecule has 10 N–H and O–H groups in total. The molecule has 620 valence electrons. The van der Waals surface area contributed by atoms with Gasteiger partial charge in [-0.15, -0.1) is 0 Å². The maximum Gasteiger partial charge on any atom is 1.00 e. The zero-order valence-corrected chi connectivity index (χ0v) is 73.3. The molecule has 107 heavy (non-hydrogen) atoms. The average Bonchev–Trinajstić information content (AvgIpc) is 0.975. The maximum atomic E-state index is 13.7. The Labute approximate surface area is 691 Å². The van der Waals surface area contributed by atoms with E-state index in [2.05, 4.69) is 87.1 Å². The summed E-state index contributed by atoms with van der Waals surface area (Å²) in [7, 11) is -9.82. The summed E-state index contributed by atoms with van der Waals surface area (Å²) in [5.74, 6) is -4.42. The minimum absolute atomic E-state index is 0. The van der Waals surface area contributed by atoms with E-state index in [0.717, 1.165) is 180 Å². The first-order chi connectivity index (χ1) is 50.5. The molecule has 0 aliphatic heterocycles. The van der Waals surface area contributed by atoms with Crippen LogP contribution >= 0.6 is 15.6 Å². The summed E-state index contributed by atoms with van der Waals surface area (Å²) in [4.78, 5) is 100. The van der Waals surface area contributed by atoms with E-state index in [1.807, 2.05) is 0 Å². The van der Waals surface area contributed by atoms with Gasteiger partial charge in [-0.3, -0.25) is 46.9 Å². The van der Waals surface area contributed by atoms with E-state index in [4.69, 9.17) is 37.0 Å². The Balaban J connectivity index is -0.00000901. The van der Waals surface area contributed by atoms with Gasteiger partial charge in [0.25, 0.3) is 11.8 Å². The number of rotatable bonds is 76. The molecular formula is C77H148N4Na2O22P2. The molecule has 0 saturated carbocycles. The third-order valence-electron chi connectivity index (χ3n) is 17.6. The Hall–Kier alpha value is -1.72. The molecule has 4 amide bonds. The summed E-state index contributed by atoms with van der Waals surface area (Å²) in [6.07, 6.45) is 36.3. The number of aliphatic hydroxyl groups excluding tert-OH is 4. The fourth-order valence-corrected chi connectivity index (χ4v) is 12.8. The van der Waals surface area contributed by atoms with Gasteiger partial charge >= 0.3 is 86.7 Å². The van der Waals surface area contributed by atoms with E-state index in [-0.39, 0.29) is 114 Å². The monoisotopic (exact) mass is 1590 g/mol. The Morgan fingerprint density at radius 2 is 0.673 bits per heavy atom. The summed E-state index contributed by atoms with van der Waals surface area (Å²) >= 11 is 0. The van der Waals surface area contributed by atoms with Crippen molar-refractivity contribution in [3.63, 3.8) is 0 Å². The van der Waals surface area contributed by atoms with Gasteiger partial charge in [0.2, 0.25) is 11.8 Å². The number of phosphoric acid groups is 2. The molecule has 0 aromatic carbocycles. The number of ether oxygens (including phenoxy) is 4. The first kappa shape index (κ1) is 109. The van der Waals surface area contributed by atoms with E-state index in [1.165, 1.54) is 19.3 Å². The van der Waals surface area contributed by atoms with E-state index in [0.29, 0.717) is 51.4 Å². The van der Waals surface area contributed by atoms with E-state index >= 15 is 0 Å². The molecule has 0 aromatic rings. The van der Waals surface area contributed by atoms with Crippen molar-refractivity contribution >= 4 is 51.2 Å². The topological polar surface area (TPSA) is 380 Å². The second-order valence-corrected chi connectivity index (χ2v) is 30.7. The first-order valence-corrected chi connectivity index (χ1v) is 43.5. The van der Waals surface area contributed by atoms with Crippen molar-refractivity contribution in [1.82, 2.24) is 21.3 Å². The third kappa shape index (κ3) is 69.5. The van der Waals surface area contributed by atoms with Crippen LogP contribution in [0.2, 0.25) is 0 Å². The molecule has 0 aliphatic rings. The molecule has 0 spiro atoms. The smallest absolute Gasteiger partial charge is 1.00 e. The van der Waals surface area contributed by atoms with Crippen LogP contribution in [0.1, 0.15) is 320 Å². The largest absolute Gasteiger partial charge is 1.00 e. The van der Waals surface area contributed by atoms with Gasteiger partial charge in [-0.05, 0) is 103 Å². The SMILES string of the molecule is CCCCC/C=C/CCCC(=O)O[C@H](CCCCCCC)CC(=O)NC(COCC[C@H](O)CCCCCCC)COP(=O)(O)OCCNC(=O)[C@@H](O)[C@H](O)C(=O)NCCOP(=O)(O)OCC(COCC[C@H](O)CCCCCCC)NC(=O)C[C@@H](CCCCCCC)OC(=O)CCC/C=C/CCCCCC.[H-].[H-].[Na+].[Na+]. The summed E-state index contributed by atoms with van der Waals surface area (Å²) < 4.78 is 70.2. The standard InChI is InChI=1S/C77H146N4O22P2.2Na.2H/c1-7-13-19-25-27-29-31-37-43-49-73(87)103-69(47-41-35-24-18-12-6)59-71(85)81-65(61-97-55-51-67(83)45-39-33-22-16-10-4)63-101-105(94,95)99-57-53-79-77(91)75(89)74(88)76(90)78-52-56-98-104(92,93)100-62-64(60-96-54-50-66(82)44-38-32-21-15-9-3)80-70(84)58-68(46-40-34-23-17-11-5)102-72(86)48-42-36-30-28-26-20-14-8-2;;;;/h28-31,64-69,74-75,82-83,88-89H,7-27,32-63H2,1-6H3,(H,78,90)(H,79,91)(H,80,84)(H,81,85)(H,92,93)(H,94,95);;;;/q;2*+1;2*-1/b30-28+,31-29+;;;;/t64?,65?,66-,67-,68-,69-,74+,75+;;;;/m1..../s1. The van der Waals surface area contributed by atoms with Crippen LogP contribution in [0.4, 0.5) is 0 Å². The van der Waals surface area contributed by atoms with Crippen molar-refractivity contribution < 1.29 is 167 Å². The molecule has 10 atom stereocenters. The fraction of sp³-hybridized carbons (Fsp3) is 0.870. The van der Waals surface area contributed by atoms with Crippen LogP contribution in [0.3, 0.4) is 0 Å². The molecule has 0 radical (unpaired) electrons. The number of nitrogens with one attached hydrogen (secondary N) is 4. The maximum absolute atomic E-state index is 13.7. The molecule has 0 rings (SSSR count). The number of carbonyl (C=O) groups is 6. The Kier molecular flexibility index (Phi) is 77.3. The average molecular weight is 1590 g/mol. The summed E-state index contributed by atoms with van der Waals surface area (Å²) in [6.45, 7) is 9.07. The van der Waals surface area contributed by atoms with Crippen LogP contribution in [0.15, 0.2) is 24.3 Å². The number of carbonyl (C=O) groups excluding carboxylic acids is 6. The summed E-state index contributed by atoms with van der Waals surface area (Å²) in [5, 5.41) is 52.1. The van der Waals surface area contributed by atoms with Gasteiger partial charge < -0.3 is 73.3 Å². The third-order valence-corrected chi connectivity index (χ3v) is 19.6. The van der Waals surface area contributed by atoms with Crippen LogP contribution in [0.5, 0.6) is 0 Å². The van der Waals surface area contributed by atoms with E-state index in [9.17, 15) is 68.1 Å². The molecular weight excluding hydrogens is 1440 g/mol. The summed E-state index contributed by atoms with van der Waals surface area (Å²) in [5.41, 5.74) is 0. The number of phosphoric ester groups is 2. The van der Waals surface area contributed by atoms with Crippen molar-refractivity contribution in [3.8, 4) is 0 Å². The zero-order chi connectivity index (χ0) is 77.9. The Bertz CT molecular complexity index is 2340. The number of esters is 2. The van der Waals surface area contributed by atoms with Gasteiger partial charge in [-0.25, -0.2) is 9.13 Å². The predicted molar refractivity (Wildman–Crippen MR) is 412 cm³/mol. The zero-order valence-electron chi connectivity index (χ0n) is 69.5. The van der Waals surface area contributed by atoms with Gasteiger partial charge in [0.1, 0.15) is 12.2 Å². The van der Waals surface area contributed by atoms with Gasteiger partial charge in [0, 0.05) is 39.1 Å². The molecule has 26 nitrogen and oxygen atoms in total. The molecule has 0 bridgehead atoms. The Morgan fingerprint density at radius 3 is 1.02 bits per heavy atom. The summed E-state index contributed by atoms with van der Waals surface area (Å²) in [6, 6.07) is -2.02. The van der Waals surface area contributed by atoms with Crippen molar-refractivity contribution in [1.29, 1.82) is 0 Å². The van der Waals surface area contributed by atoms with E-state index in [1.54, 1.807) is 0 Å². The van der Waals surface area contributed by atoms with Gasteiger partial charge in [-0.2, -0.15) is 0 Å². The molecule has 0 saturated heterocycles. The van der Waals surface area contributed by atoms with Crippen LogP contribution in [0.25, 0.3) is 0 Å². The van der Waals surface area contributed by atoms with Crippen LogP contribution in [-0.2, 0) is 74.9 Å². The van der Waals surface area contributed by atoms with Gasteiger partial charge in [0.05, 0.1) is 76.8 Å². The number of aliphatic hydroxyl groups is 4. The molecule has 0 heterocycles. The number of allylic oxidation sites excluding steroid dienone is 4. The van der Waals surface area contributed by atoms with Crippen molar-refractivity contribution in [3.05, 3.63) is 24.3 Å². The first-order valence-electron chi connectivity index (χ1n) is 40.5. The molecule has 0 aromatic heterocycles. The minimum Gasteiger partial charge on any atom is -1.00 e.